The van der Waals surface area contributed by atoms with E-state index in [0.29, 0.717) is 22.8 Å². The van der Waals surface area contributed by atoms with E-state index in [0.717, 1.165) is 0 Å². The van der Waals surface area contributed by atoms with Crippen LogP contribution in [0, 0.1) is 5.82 Å². The van der Waals surface area contributed by atoms with Gasteiger partial charge in [0.1, 0.15) is 23.1 Å². The number of halogens is 4. The molecule has 0 saturated heterocycles. The highest BCUT2D eigenvalue weighted by Crippen LogP contribution is 2.23. The second kappa shape index (κ2) is 9.46. The molecule has 1 unspecified atom stereocenters. The topological polar surface area (TPSA) is 60.5 Å². The number of benzene rings is 2. The number of nitrogens with one attached hydrogen (secondary N) is 1. The van der Waals surface area contributed by atoms with Gasteiger partial charge in [-0.2, -0.15) is 13.2 Å². The lowest BCUT2D eigenvalue weighted by Crippen LogP contribution is -2.27. The number of alkyl halides is 3. The molecule has 5 nitrogen and oxygen atoms in total. The Kier molecular flexibility index (Phi) is 6.74. The van der Waals surface area contributed by atoms with Gasteiger partial charge in [-0.05, 0) is 61.5 Å². The van der Waals surface area contributed by atoms with Gasteiger partial charge in [0.2, 0.25) is 0 Å². The van der Waals surface area contributed by atoms with Crippen LogP contribution in [0.15, 0.2) is 66.9 Å². The van der Waals surface area contributed by atoms with Crippen molar-refractivity contribution in [3.8, 4) is 17.2 Å². The highest BCUT2D eigenvalue weighted by Gasteiger charge is 2.28. The zero-order chi connectivity index (χ0) is 22.4. The number of amides is 1. The summed E-state index contributed by atoms with van der Waals surface area (Å²) in [6, 6.07) is 14.2. The fourth-order valence-electron chi connectivity index (χ4n) is 2.59. The first-order valence-corrected chi connectivity index (χ1v) is 9.19. The van der Waals surface area contributed by atoms with Crippen molar-refractivity contribution >= 4 is 5.91 Å². The first-order chi connectivity index (χ1) is 14.7. The Bertz CT molecular complexity index is 1020. The van der Waals surface area contributed by atoms with Crippen LogP contribution in [0.1, 0.15) is 29.0 Å². The van der Waals surface area contributed by atoms with Gasteiger partial charge in [0.15, 0.2) is 6.61 Å². The van der Waals surface area contributed by atoms with Crippen LogP contribution in [-0.2, 0) is 0 Å². The molecular formula is C22H18F4N2O3. The van der Waals surface area contributed by atoms with Gasteiger partial charge in [-0.25, -0.2) is 4.39 Å². The van der Waals surface area contributed by atoms with Gasteiger partial charge in [-0.15, -0.1) is 0 Å². The fourth-order valence-corrected chi connectivity index (χ4v) is 2.59. The first kappa shape index (κ1) is 22.1. The van der Waals surface area contributed by atoms with Crippen molar-refractivity contribution in [2.45, 2.75) is 19.1 Å². The van der Waals surface area contributed by atoms with Gasteiger partial charge < -0.3 is 14.8 Å². The number of nitrogens with zero attached hydrogens (tertiary/aromatic N) is 1. The normalized spacial score (nSPS) is 12.2. The van der Waals surface area contributed by atoms with Crippen LogP contribution in [0.25, 0.3) is 0 Å². The second-order valence-electron chi connectivity index (χ2n) is 6.60. The molecule has 31 heavy (non-hydrogen) atoms. The summed E-state index contributed by atoms with van der Waals surface area (Å²) < 4.78 is 59.8. The molecule has 1 atom stereocenters. The van der Waals surface area contributed by atoms with E-state index in [4.69, 9.17) is 4.74 Å². The van der Waals surface area contributed by atoms with Crippen LogP contribution in [0.4, 0.5) is 17.6 Å². The SMILES string of the molecule is CC(NC(=O)c1cccc(Oc2ccc(F)cc2)c1)c1ccc(OCC(F)(F)F)cn1. The third kappa shape index (κ3) is 6.70. The molecule has 0 radical (unpaired) electrons. The Morgan fingerprint density at radius 1 is 1.03 bits per heavy atom. The van der Waals surface area contributed by atoms with Crippen molar-refractivity contribution in [1.29, 1.82) is 0 Å². The van der Waals surface area contributed by atoms with Gasteiger partial charge in [-0.1, -0.05) is 6.07 Å². The summed E-state index contributed by atoms with van der Waals surface area (Å²) in [5.74, 6) is 0.0186. The highest BCUT2D eigenvalue weighted by atomic mass is 19.4. The molecular weight excluding hydrogens is 416 g/mol. The molecule has 3 rings (SSSR count). The third-order valence-electron chi connectivity index (χ3n) is 4.10. The van der Waals surface area contributed by atoms with E-state index in [9.17, 15) is 22.4 Å². The van der Waals surface area contributed by atoms with Crippen LogP contribution >= 0.6 is 0 Å². The van der Waals surface area contributed by atoms with Crippen LogP contribution in [0.3, 0.4) is 0 Å². The molecule has 2 aromatic carbocycles. The molecule has 0 aliphatic heterocycles. The molecule has 1 heterocycles. The van der Waals surface area contributed by atoms with Gasteiger partial charge in [0, 0.05) is 5.56 Å². The standard InChI is InChI=1S/C22H18F4N2O3/c1-14(20-10-9-19(12-27-20)30-13-22(24,25)26)28-21(29)15-3-2-4-18(11-15)31-17-7-5-16(23)6-8-17/h2-12,14H,13H2,1H3,(H,28,29). The Balaban J connectivity index is 1.61. The number of hydrogen-bond donors (Lipinski definition) is 1. The van der Waals surface area contributed by atoms with Crippen LogP contribution < -0.4 is 14.8 Å². The summed E-state index contributed by atoms with van der Waals surface area (Å²) in [6.45, 7) is 0.284. The molecule has 1 amide bonds. The lowest BCUT2D eigenvalue weighted by Gasteiger charge is -2.15. The minimum atomic E-state index is -4.44. The second-order valence-corrected chi connectivity index (χ2v) is 6.60. The molecule has 162 valence electrons. The molecule has 0 saturated carbocycles. The molecule has 1 aromatic heterocycles. The summed E-state index contributed by atoms with van der Waals surface area (Å²) in [7, 11) is 0. The lowest BCUT2D eigenvalue weighted by molar-refractivity contribution is -0.153. The smallest absolute Gasteiger partial charge is 0.422 e. The van der Waals surface area contributed by atoms with E-state index < -0.39 is 24.7 Å². The minimum absolute atomic E-state index is 0.0229. The number of aromatic nitrogens is 1. The Labute approximate surface area is 175 Å². The van der Waals surface area contributed by atoms with Gasteiger partial charge in [-0.3, -0.25) is 9.78 Å². The van der Waals surface area contributed by atoms with E-state index in [2.05, 4.69) is 15.0 Å². The minimum Gasteiger partial charge on any atom is -0.483 e. The largest absolute Gasteiger partial charge is 0.483 e. The number of hydrogen-bond acceptors (Lipinski definition) is 4. The van der Waals surface area contributed by atoms with Crippen molar-refractivity contribution < 1.29 is 31.8 Å². The third-order valence-corrected chi connectivity index (χ3v) is 4.10. The molecule has 0 aliphatic carbocycles. The van der Waals surface area contributed by atoms with Crippen LogP contribution in [0.2, 0.25) is 0 Å². The summed E-state index contributed by atoms with van der Waals surface area (Å²) >= 11 is 0. The molecule has 3 aromatic rings. The quantitative estimate of drug-likeness (QED) is 0.503. The zero-order valence-electron chi connectivity index (χ0n) is 16.3. The summed E-state index contributed by atoms with van der Waals surface area (Å²) in [6.07, 6.45) is -3.27. The maximum Gasteiger partial charge on any atom is 0.422 e. The molecule has 0 aliphatic rings. The van der Waals surface area contributed by atoms with Crippen molar-refractivity contribution in [3.63, 3.8) is 0 Å². The van der Waals surface area contributed by atoms with E-state index in [1.54, 1.807) is 25.1 Å². The predicted molar refractivity (Wildman–Crippen MR) is 105 cm³/mol. The lowest BCUT2D eigenvalue weighted by atomic mass is 10.1. The van der Waals surface area contributed by atoms with Crippen molar-refractivity contribution in [1.82, 2.24) is 10.3 Å². The van der Waals surface area contributed by atoms with E-state index in [1.165, 1.54) is 48.7 Å². The van der Waals surface area contributed by atoms with Crippen molar-refractivity contribution in [2.75, 3.05) is 6.61 Å². The number of carbonyl (C=O) groups excluding carboxylic acids is 1. The molecule has 0 fully saturated rings. The molecule has 0 spiro atoms. The predicted octanol–water partition coefficient (Wildman–Crippen LogP) is 5.45. The highest BCUT2D eigenvalue weighted by molar-refractivity contribution is 5.94. The maximum atomic E-state index is 13.0. The van der Waals surface area contributed by atoms with E-state index in [1.807, 2.05) is 0 Å². The average Bonchev–Trinajstić information content (AvgIpc) is 2.74. The van der Waals surface area contributed by atoms with Crippen LogP contribution in [0.5, 0.6) is 17.2 Å². The van der Waals surface area contributed by atoms with Gasteiger partial charge in [0.25, 0.3) is 5.91 Å². The van der Waals surface area contributed by atoms with E-state index in [-0.39, 0.29) is 11.6 Å². The Hall–Kier alpha value is -3.62. The Morgan fingerprint density at radius 3 is 2.39 bits per heavy atom. The molecule has 9 heteroatoms. The summed E-state index contributed by atoms with van der Waals surface area (Å²) in [5.41, 5.74) is 0.781. The van der Waals surface area contributed by atoms with Gasteiger partial charge >= 0.3 is 6.18 Å². The number of rotatable bonds is 7. The fraction of sp³-hybridized carbons (Fsp3) is 0.182. The van der Waals surface area contributed by atoms with Crippen molar-refractivity contribution in [2.24, 2.45) is 0 Å². The average molecular weight is 434 g/mol. The molecule has 0 bridgehead atoms. The summed E-state index contributed by atoms with van der Waals surface area (Å²) in [5, 5.41) is 2.76. The van der Waals surface area contributed by atoms with E-state index >= 15 is 0 Å². The van der Waals surface area contributed by atoms with Gasteiger partial charge in [0.05, 0.1) is 17.9 Å². The summed E-state index contributed by atoms with van der Waals surface area (Å²) in [4.78, 5) is 16.6. The first-order valence-electron chi connectivity index (χ1n) is 9.19. The molecule has 1 N–H and O–H groups in total. The van der Waals surface area contributed by atoms with Crippen molar-refractivity contribution in [3.05, 3.63) is 83.9 Å². The maximum absolute atomic E-state index is 13.0. The Morgan fingerprint density at radius 2 is 1.74 bits per heavy atom. The number of ether oxygens (including phenoxy) is 2. The van der Waals surface area contributed by atoms with Crippen LogP contribution in [-0.4, -0.2) is 23.7 Å². The number of carbonyl (C=O) groups is 1. The number of pyridine rings is 1. The zero-order valence-corrected chi connectivity index (χ0v) is 16.3. The monoisotopic (exact) mass is 434 g/mol.